The highest BCUT2D eigenvalue weighted by Gasteiger charge is 2.57. The molecule has 1 saturated heterocycles. The molecular formula is C22H20N2O5. The molecule has 0 aromatic heterocycles. The molecule has 4 heterocycles. The molecule has 29 heavy (non-hydrogen) atoms. The molecule has 1 fully saturated rings. The van der Waals surface area contributed by atoms with Crippen LogP contribution in [0.1, 0.15) is 29.5 Å². The van der Waals surface area contributed by atoms with E-state index in [-0.39, 0.29) is 25.2 Å². The van der Waals surface area contributed by atoms with Gasteiger partial charge in [0.15, 0.2) is 0 Å². The fourth-order valence-corrected chi connectivity index (χ4v) is 5.03. The molecule has 1 N–H and O–H groups in total. The monoisotopic (exact) mass is 392 g/mol. The van der Waals surface area contributed by atoms with Crippen LogP contribution in [-0.2, 0) is 14.9 Å². The molecule has 0 bridgehead atoms. The molecular weight excluding hydrogens is 372 g/mol. The number of nitrogens with zero attached hydrogens (tertiary/aromatic N) is 2. The summed E-state index contributed by atoms with van der Waals surface area (Å²) in [4.78, 5) is 15.7. The van der Waals surface area contributed by atoms with E-state index in [9.17, 15) is 10.0 Å². The lowest BCUT2D eigenvalue weighted by atomic mass is 9.76. The maximum atomic E-state index is 13.9. The number of rotatable bonds is 2. The van der Waals surface area contributed by atoms with Crippen molar-refractivity contribution in [3.05, 3.63) is 53.1 Å². The Hall–Kier alpha value is -3.06. The van der Waals surface area contributed by atoms with Crippen LogP contribution < -0.4 is 14.4 Å². The van der Waals surface area contributed by atoms with Crippen molar-refractivity contribution >= 4 is 17.3 Å². The fraction of sp³-hybridized carbons (Fsp3) is 0.364. The molecule has 1 spiro atoms. The van der Waals surface area contributed by atoms with Crippen molar-refractivity contribution in [2.24, 2.45) is 5.16 Å². The summed E-state index contributed by atoms with van der Waals surface area (Å²) in [5, 5.41) is 12.7. The first kappa shape index (κ1) is 16.9. The number of oxime groups is 1. The van der Waals surface area contributed by atoms with E-state index in [1.807, 2.05) is 35.2 Å². The zero-order valence-corrected chi connectivity index (χ0v) is 15.8. The van der Waals surface area contributed by atoms with Crippen LogP contribution in [0.5, 0.6) is 11.5 Å². The van der Waals surface area contributed by atoms with Gasteiger partial charge in [-0.25, -0.2) is 0 Å². The van der Waals surface area contributed by atoms with Crippen LogP contribution in [0.4, 0.5) is 5.69 Å². The summed E-state index contributed by atoms with van der Waals surface area (Å²) in [5.74, 6) is 1.27. The molecule has 2 atom stereocenters. The predicted octanol–water partition coefficient (Wildman–Crippen LogP) is 2.46. The molecule has 0 aliphatic carbocycles. The van der Waals surface area contributed by atoms with E-state index in [0.29, 0.717) is 29.3 Å². The lowest BCUT2D eigenvalue weighted by Crippen LogP contribution is -2.45. The lowest BCUT2D eigenvalue weighted by molar-refractivity contribution is -0.122. The first-order valence-corrected chi connectivity index (χ1v) is 9.91. The van der Waals surface area contributed by atoms with E-state index in [4.69, 9.17) is 14.2 Å². The Kier molecular flexibility index (Phi) is 3.47. The second-order valence-corrected chi connectivity index (χ2v) is 7.94. The van der Waals surface area contributed by atoms with Crippen LogP contribution in [0.2, 0.25) is 0 Å². The third-order valence-corrected chi connectivity index (χ3v) is 6.46. The Morgan fingerprint density at radius 3 is 2.90 bits per heavy atom. The topological polar surface area (TPSA) is 80.6 Å². The Bertz CT molecular complexity index is 1060. The van der Waals surface area contributed by atoms with Crippen molar-refractivity contribution in [2.45, 2.75) is 24.4 Å². The third kappa shape index (κ3) is 2.16. The molecule has 0 radical (unpaired) electrons. The quantitative estimate of drug-likeness (QED) is 0.627. The Balaban J connectivity index is 1.50. The fourth-order valence-electron chi connectivity index (χ4n) is 5.03. The van der Waals surface area contributed by atoms with Gasteiger partial charge in [0.2, 0.25) is 5.91 Å². The van der Waals surface area contributed by atoms with Gasteiger partial charge in [0.25, 0.3) is 0 Å². The van der Waals surface area contributed by atoms with Crippen molar-refractivity contribution in [2.75, 3.05) is 31.3 Å². The van der Waals surface area contributed by atoms with Gasteiger partial charge >= 0.3 is 0 Å². The minimum Gasteiger partial charge on any atom is -0.491 e. The van der Waals surface area contributed by atoms with Gasteiger partial charge in [-0.3, -0.25) is 4.79 Å². The van der Waals surface area contributed by atoms with Gasteiger partial charge in [0.05, 0.1) is 12.6 Å². The minimum absolute atomic E-state index is 0.00861. The van der Waals surface area contributed by atoms with Crippen molar-refractivity contribution in [3.63, 3.8) is 0 Å². The molecule has 2 aromatic carbocycles. The lowest BCUT2D eigenvalue weighted by Gasteiger charge is -2.25. The SMILES string of the molecule is O=C1N(C[C@H]2CCCO2)c2ccccc2C12COc1cc3c(cc12)/C(=N\O)CO3. The second-order valence-electron chi connectivity index (χ2n) is 7.94. The first-order chi connectivity index (χ1) is 14.2. The maximum Gasteiger partial charge on any atom is 0.245 e. The van der Waals surface area contributed by atoms with E-state index in [1.165, 1.54) is 0 Å². The zero-order chi connectivity index (χ0) is 19.6. The number of hydrogen-bond donors (Lipinski definition) is 1. The van der Waals surface area contributed by atoms with Gasteiger partial charge in [-0.15, -0.1) is 0 Å². The highest BCUT2D eigenvalue weighted by atomic mass is 16.5. The smallest absolute Gasteiger partial charge is 0.245 e. The largest absolute Gasteiger partial charge is 0.491 e. The number of fused-ring (bicyclic) bond motifs is 5. The number of carbonyl (C=O) groups is 1. The maximum absolute atomic E-state index is 13.9. The zero-order valence-electron chi connectivity index (χ0n) is 15.8. The molecule has 7 heteroatoms. The average molecular weight is 392 g/mol. The van der Waals surface area contributed by atoms with Gasteiger partial charge in [-0.2, -0.15) is 0 Å². The summed E-state index contributed by atoms with van der Waals surface area (Å²) in [7, 11) is 0. The van der Waals surface area contributed by atoms with Crippen LogP contribution in [0.15, 0.2) is 41.6 Å². The summed E-state index contributed by atoms with van der Waals surface area (Å²) < 4.78 is 17.4. The highest BCUT2D eigenvalue weighted by Crippen LogP contribution is 2.54. The average Bonchev–Trinajstić information content (AvgIpc) is 3.51. The summed E-state index contributed by atoms with van der Waals surface area (Å²) in [6.45, 7) is 1.75. The standard InChI is InChI=1S/C22H20N2O5/c25-21-22(12-29-20-9-19-14(8-16(20)22)17(23-26)11-28-19)15-5-1-2-6-18(15)24(21)10-13-4-3-7-27-13/h1-2,5-6,8-9,13,26H,3-4,7,10-12H2/b23-17-/t13-,22?/m1/s1. The van der Waals surface area contributed by atoms with Crippen LogP contribution in [0.3, 0.4) is 0 Å². The van der Waals surface area contributed by atoms with Crippen molar-refractivity contribution in [1.29, 1.82) is 0 Å². The molecule has 1 unspecified atom stereocenters. The van der Waals surface area contributed by atoms with Crippen molar-refractivity contribution in [3.8, 4) is 11.5 Å². The van der Waals surface area contributed by atoms with E-state index in [0.717, 1.165) is 36.3 Å². The predicted molar refractivity (Wildman–Crippen MR) is 104 cm³/mol. The van der Waals surface area contributed by atoms with Gasteiger partial charge in [0.1, 0.15) is 35.8 Å². The van der Waals surface area contributed by atoms with Gasteiger partial charge in [0, 0.05) is 29.5 Å². The third-order valence-electron chi connectivity index (χ3n) is 6.46. The number of amides is 1. The van der Waals surface area contributed by atoms with E-state index in [2.05, 4.69) is 5.16 Å². The molecule has 0 saturated carbocycles. The van der Waals surface area contributed by atoms with Gasteiger partial charge in [-0.1, -0.05) is 23.4 Å². The molecule has 2 aromatic rings. The Morgan fingerprint density at radius 1 is 1.17 bits per heavy atom. The molecule has 4 aliphatic rings. The molecule has 7 nitrogen and oxygen atoms in total. The number of hydrogen-bond acceptors (Lipinski definition) is 6. The number of para-hydroxylation sites is 1. The van der Waals surface area contributed by atoms with Crippen LogP contribution in [0, 0.1) is 0 Å². The number of carbonyl (C=O) groups excluding carboxylic acids is 1. The van der Waals surface area contributed by atoms with Gasteiger partial charge in [-0.05, 0) is 30.5 Å². The van der Waals surface area contributed by atoms with E-state index in [1.54, 1.807) is 6.07 Å². The summed E-state index contributed by atoms with van der Waals surface area (Å²) in [6.07, 6.45) is 2.05. The summed E-state index contributed by atoms with van der Waals surface area (Å²) in [6, 6.07) is 11.6. The first-order valence-electron chi connectivity index (χ1n) is 9.91. The molecule has 4 aliphatic heterocycles. The normalized spacial score (nSPS) is 27.9. The number of ether oxygens (including phenoxy) is 3. The highest BCUT2D eigenvalue weighted by molar-refractivity contribution is 6.13. The summed E-state index contributed by atoms with van der Waals surface area (Å²) in [5.41, 5.74) is 2.93. The molecule has 148 valence electrons. The van der Waals surface area contributed by atoms with E-state index < -0.39 is 5.41 Å². The van der Waals surface area contributed by atoms with Gasteiger partial charge < -0.3 is 24.3 Å². The minimum atomic E-state index is -0.900. The Labute approximate surface area is 167 Å². The van der Waals surface area contributed by atoms with E-state index >= 15 is 0 Å². The number of anilines is 1. The van der Waals surface area contributed by atoms with Crippen LogP contribution in [0.25, 0.3) is 0 Å². The van der Waals surface area contributed by atoms with Crippen LogP contribution in [-0.4, -0.2) is 49.3 Å². The summed E-state index contributed by atoms with van der Waals surface area (Å²) >= 11 is 0. The molecule has 6 rings (SSSR count). The van der Waals surface area contributed by atoms with Crippen LogP contribution >= 0.6 is 0 Å². The second kappa shape index (κ2) is 5.97. The Morgan fingerprint density at radius 2 is 2.07 bits per heavy atom. The number of benzene rings is 2. The van der Waals surface area contributed by atoms with Crippen molar-refractivity contribution in [1.82, 2.24) is 0 Å². The molecule has 1 amide bonds. The van der Waals surface area contributed by atoms with Crippen molar-refractivity contribution < 1.29 is 24.2 Å².